The molecule has 0 N–H and O–H groups in total. The third-order valence-electron chi connectivity index (χ3n) is 2.86. The first-order valence-electron chi connectivity index (χ1n) is 6.30. The fourth-order valence-electron chi connectivity index (χ4n) is 1.70. The quantitative estimate of drug-likeness (QED) is 0.393. The minimum Gasteiger partial charge on any atom is -0.103 e. The molecule has 0 aliphatic rings. The van der Waals surface area contributed by atoms with Crippen LogP contribution in [0.15, 0.2) is 60.8 Å². The van der Waals surface area contributed by atoms with Crippen LogP contribution in [0.5, 0.6) is 0 Å². The first kappa shape index (κ1) is 15.7. The fraction of sp³-hybridized carbons (Fsp3) is 0.412. The summed E-state index contributed by atoms with van der Waals surface area (Å²) in [6.07, 6.45) is 14.6. The van der Waals surface area contributed by atoms with E-state index in [9.17, 15) is 0 Å². The number of allylic oxidation sites excluding steroid dienone is 8. The lowest BCUT2D eigenvalue weighted by molar-refractivity contribution is 0.565. The highest BCUT2D eigenvalue weighted by Gasteiger charge is 2.20. The molecule has 0 aliphatic heterocycles. The Morgan fingerprint density at radius 2 is 1.82 bits per heavy atom. The molecule has 0 nitrogen and oxygen atoms in total. The van der Waals surface area contributed by atoms with Crippen molar-refractivity contribution in [2.75, 3.05) is 0 Å². The van der Waals surface area contributed by atoms with Gasteiger partial charge < -0.3 is 0 Å². The van der Waals surface area contributed by atoms with Gasteiger partial charge in [-0.15, -0.1) is 13.2 Å². The average Bonchev–Trinajstić information content (AvgIpc) is 2.31. The Hall–Kier alpha value is -1.30. The van der Waals surface area contributed by atoms with Gasteiger partial charge in [-0.25, -0.2) is 0 Å². The van der Waals surface area contributed by atoms with E-state index in [0.717, 1.165) is 12.8 Å². The van der Waals surface area contributed by atoms with E-state index in [4.69, 9.17) is 0 Å². The molecule has 0 amide bonds. The highest BCUT2D eigenvalue weighted by Crippen LogP contribution is 2.33. The van der Waals surface area contributed by atoms with Crippen LogP contribution in [0, 0.1) is 5.41 Å². The van der Waals surface area contributed by atoms with E-state index in [2.05, 4.69) is 58.2 Å². The van der Waals surface area contributed by atoms with Gasteiger partial charge >= 0.3 is 0 Å². The first-order chi connectivity index (χ1) is 8.03. The Bertz CT molecular complexity index is 335. The smallest absolute Gasteiger partial charge is 0.00436 e. The van der Waals surface area contributed by atoms with Crippen molar-refractivity contribution in [3.63, 3.8) is 0 Å². The van der Waals surface area contributed by atoms with Gasteiger partial charge in [0.2, 0.25) is 0 Å². The number of hydrogen-bond acceptors (Lipinski definition) is 0. The molecular weight excluding hydrogens is 204 g/mol. The summed E-state index contributed by atoms with van der Waals surface area (Å²) in [5.74, 6) is 0. The molecule has 0 heterocycles. The van der Waals surface area contributed by atoms with Crippen LogP contribution in [0.1, 0.15) is 40.5 Å². The third kappa shape index (κ3) is 5.04. The summed E-state index contributed by atoms with van der Waals surface area (Å²) in [6.45, 7) is 16.4. The third-order valence-corrected chi connectivity index (χ3v) is 2.86. The van der Waals surface area contributed by atoms with Crippen LogP contribution in [-0.4, -0.2) is 0 Å². The molecule has 94 valence electrons. The van der Waals surface area contributed by atoms with E-state index in [-0.39, 0.29) is 5.41 Å². The van der Waals surface area contributed by atoms with Gasteiger partial charge in [0, 0.05) is 5.41 Å². The summed E-state index contributed by atoms with van der Waals surface area (Å²) >= 11 is 0. The van der Waals surface area contributed by atoms with Gasteiger partial charge in [0.05, 0.1) is 0 Å². The zero-order chi connectivity index (χ0) is 13.3. The summed E-state index contributed by atoms with van der Waals surface area (Å²) < 4.78 is 0. The van der Waals surface area contributed by atoms with Crippen LogP contribution in [0.3, 0.4) is 0 Å². The van der Waals surface area contributed by atoms with E-state index >= 15 is 0 Å². The summed E-state index contributed by atoms with van der Waals surface area (Å²) in [4.78, 5) is 0. The van der Waals surface area contributed by atoms with Gasteiger partial charge in [-0.05, 0) is 30.9 Å². The first-order valence-corrected chi connectivity index (χ1v) is 6.30. The van der Waals surface area contributed by atoms with Crippen LogP contribution in [0.2, 0.25) is 0 Å². The lowest BCUT2D eigenvalue weighted by Crippen LogP contribution is -2.12. The van der Waals surface area contributed by atoms with Crippen LogP contribution in [0.4, 0.5) is 0 Å². The van der Waals surface area contributed by atoms with Gasteiger partial charge in [-0.1, -0.05) is 57.2 Å². The molecule has 0 spiro atoms. The van der Waals surface area contributed by atoms with E-state index in [1.54, 1.807) is 0 Å². The fourth-order valence-corrected chi connectivity index (χ4v) is 1.70. The molecule has 17 heavy (non-hydrogen) atoms. The standard InChI is InChI=1S/C17H26/c1-7-11-14-15(12-8-2)16(13-9-3)17(5,6)10-4/h8-12,14H,3-4,7,13H2,1-2,5-6H3. The maximum absolute atomic E-state index is 3.94. The summed E-state index contributed by atoms with van der Waals surface area (Å²) in [5.41, 5.74) is 2.64. The highest BCUT2D eigenvalue weighted by atomic mass is 14.2. The Kier molecular flexibility index (Phi) is 7.29. The monoisotopic (exact) mass is 230 g/mol. The van der Waals surface area contributed by atoms with Gasteiger partial charge in [-0.3, -0.25) is 0 Å². The normalized spacial score (nSPS) is 14.1. The topological polar surface area (TPSA) is 0 Å². The Labute approximate surface area is 107 Å². The second-order valence-corrected chi connectivity index (χ2v) is 4.66. The van der Waals surface area contributed by atoms with Crippen molar-refractivity contribution < 1.29 is 0 Å². The molecule has 0 aromatic carbocycles. The second-order valence-electron chi connectivity index (χ2n) is 4.66. The zero-order valence-corrected chi connectivity index (χ0v) is 11.8. The molecule has 0 aliphatic carbocycles. The molecule has 0 saturated heterocycles. The number of hydrogen-bond donors (Lipinski definition) is 0. The van der Waals surface area contributed by atoms with Crippen molar-refractivity contribution >= 4 is 0 Å². The van der Waals surface area contributed by atoms with E-state index in [1.807, 2.05) is 19.1 Å². The highest BCUT2D eigenvalue weighted by molar-refractivity contribution is 5.40. The van der Waals surface area contributed by atoms with Gasteiger partial charge in [0.1, 0.15) is 0 Å². The van der Waals surface area contributed by atoms with Crippen molar-refractivity contribution in [3.05, 3.63) is 60.8 Å². The average molecular weight is 230 g/mol. The zero-order valence-electron chi connectivity index (χ0n) is 11.8. The van der Waals surface area contributed by atoms with Gasteiger partial charge in [-0.2, -0.15) is 0 Å². The van der Waals surface area contributed by atoms with Crippen LogP contribution in [-0.2, 0) is 0 Å². The molecule has 0 aromatic rings. The molecule has 0 fully saturated rings. The predicted molar refractivity (Wildman–Crippen MR) is 80.1 cm³/mol. The SMILES string of the molecule is C=CCC(=C(C=CC)C=CCC)C(C)(C)C=C. The summed E-state index contributed by atoms with van der Waals surface area (Å²) in [6, 6.07) is 0. The maximum atomic E-state index is 3.94. The van der Waals surface area contributed by atoms with Crippen molar-refractivity contribution in [1.82, 2.24) is 0 Å². The molecule has 0 atom stereocenters. The van der Waals surface area contributed by atoms with Gasteiger partial charge in [0.15, 0.2) is 0 Å². The Morgan fingerprint density at radius 1 is 1.18 bits per heavy atom. The molecular formula is C17H26. The van der Waals surface area contributed by atoms with E-state index in [0.29, 0.717) is 0 Å². The van der Waals surface area contributed by atoms with E-state index < -0.39 is 0 Å². The molecule has 0 radical (unpaired) electrons. The molecule has 0 heteroatoms. The Balaban J connectivity index is 5.64. The van der Waals surface area contributed by atoms with Crippen molar-refractivity contribution in [3.8, 4) is 0 Å². The van der Waals surface area contributed by atoms with Crippen molar-refractivity contribution in [2.45, 2.75) is 40.5 Å². The van der Waals surface area contributed by atoms with Crippen LogP contribution >= 0.6 is 0 Å². The van der Waals surface area contributed by atoms with Crippen molar-refractivity contribution in [1.29, 1.82) is 0 Å². The maximum Gasteiger partial charge on any atom is 0.00436 e. The number of rotatable bonds is 7. The predicted octanol–water partition coefficient (Wildman–Crippen LogP) is 5.61. The molecule has 0 unspecified atom stereocenters. The van der Waals surface area contributed by atoms with Crippen LogP contribution < -0.4 is 0 Å². The molecule has 0 aromatic heterocycles. The van der Waals surface area contributed by atoms with Crippen LogP contribution in [0.25, 0.3) is 0 Å². The molecule has 0 saturated carbocycles. The van der Waals surface area contributed by atoms with E-state index in [1.165, 1.54) is 11.1 Å². The largest absolute Gasteiger partial charge is 0.103 e. The second kappa shape index (κ2) is 7.89. The van der Waals surface area contributed by atoms with Gasteiger partial charge in [0.25, 0.3) is 0 Å². The van der Waals surface area contributed by atoms with Crippen molar-refractivity contribution in [2.24, 2.45) is 5.41 Å². The summed E-state index contributed by atoms with van der Waals surface area (Å²) in [7, 11) is 0. The molecule has 0 bridgehead atoms. The minimum absolute atomic E-state index is 0.00111. The minimum atomic E-state index is 0.00111. The molecule has 0 rings (SSSR count). The summed E-state index contributed by atoms with van der Waals surface area (Å²) in [5, 5.41) is 0. The lowest BCUT2D eigenvalue weighted by atomic mass is 9.79. The lowest BCUT2D eigenvalue weighted by Gasteiger charge is -2.25. The Morgan fingerprint density at radius 3 is 2.24 bits per heavy atom.